The lowest BCUT2D eigenvalue weighted by Gasteiger charge is -2.27. The number of hydrogen-bond acceptors (Lipinski definition) is 7. The van der Waals surface area contributed by atoms with Gasteiger partial charge in [-0.05, 0) is 13.3 Å². The van der Waals surface area contributed by atoms with E-state index in [9.17, 15) is 10.2 Å². The summed E-state index contributed by atoms with van der Waals surface area (Å²) >= 11 is 0. The zero-order valence-corrected chi connectivity index (χ0v) is 11.6. The maximum Gasteiger partial charge on any atom is 0.204 e. The number of methoxy groups -OCH3 is 1. The quantitative estimate of drug-likeness (QED) is 0.544. The van der Waals surface area contributed by atoms with Crippen LogP contribution in [0.15, 0.2) is 6.33 Å². The maximum absolute atomic E-state index is 9.30. The van der Waals surface area contributed by atoms with E-state index < -0.39 is 5.54 Å². The summed E-state index contributed by atoms with van der Waals surface area (Å²) in [6.45, 7) is 4.05. The summed E-state index contributed by atoms with van der Waals surface area (Å²) in [6, 6.07) is 0. The van der Waals surface area contributed by atoms with Gasteiger partial charge in [-0.2, -0.15) is 0 Å². The van der Waals surface area contributed by atoms with Crippen LogP contribution < -0.4 is 15.4 Å². The molecule has 1 aromatic heterocycles. The van der Waals surface area contributed by atoms with Crippen molar-refractivity contribution >= 4 is 11.6 Å². The predicted octanol–water partition coefficient (Wildman–Crippen LogP) is 0.462. The van der Waals surface area contributed by atoms with Crippen molar-refractivity contribution in [3.05, 3.63) is 6.33 Å². The van der Waals surface area contributed by atoms with Gasteiger partial charge < -0.3 is 25.6 Å². The van der Waals surface area contributed by atoms with E-state index in [0.717, 1.165) is 13.0 Å². The molecule has 7 heteroatoms. The number of anilines is 2. The highest BCUT2D eigenvalue weighted by Crippen LogP contribution is 2.30. The van der Waals surface area contributed by atoms with Crippen LogP contribution in [0.4, 0.5) is 11.6 Å². The van der Waals surface area contributed by atoms with Crippen molar-refractivity contribution in [2.24, 2.45) is 0 Å². The van der Waals surface area contributed by atoms with E-state index in [2.05, 4.69) is 27.5 Å². The van der Waals surface area contributed by atoms with Crippen molar-refractivity contribution in [2.45, 2.75) is 25.8 Å². The fraction of sp³-hybridized carbons (Fsp3) is 0.667. The second kappa shape index (κ2) is 7.10. The minimum atomic E-state index is -0.871. The van der Waals surface area contributed by atoms with Crippen molar-refractivity contribution in [3.63, 3.8) is 0 Å². The molecule has 108 valence electrons. The monoisotopic (exact) mass is 270 g/mol. The van der Waals surface area contributed by atoms with Crippen molar-refractivity contribution in [3.8, 4) is 5.75 Å². The summed E-state index contributed by atoms with van der Waals surface area (Å²) in [5, 5.41) is 24.7. The molecule has 7 nitrogen and oxygen atoms in total. The Labute approximate surface area is 113 Å². The molecule has 0 radical (unpaired) electrons. The molecule has 0 fully saturated rings. The smallest absolute Gasteiger partial charge is 0.204 e. The van der Waals surface area contributed by atoms with Crippen LogP contribution in [0, 0.1) is 0 Å². The van der Waals surface area contributed by atoms with Gasteiger partial charge in [-0.1, -0.05) is 6.92 Å². The van der Waals surface area contributed by atoms with Gasteiger partial charge >= 0.3 is 0 Å². The third-order valence-electron chi connectivity index (χ3n) is 2.67. The molecule has 0 aliphatic heterocycles. The Bertz CT molecular complexity index is 397. The van der Waals surface area contributed by atoms with Gasteiger partial charge in [0.15, 0.2) is 11.6 Å². The van der Waals surface area contributed by atoms with E-state index in [-0.39, 0.29) is 13.2 Å². The number of rotatable bonds is 8. The van der Waals surface area contributed by atoms with Gasteiger partial charge in [-0.15, -0.1) is 0 Å². The minimum absolute atomic E-state index is 0.228. The Morgan fingerprint density at radius 2 is 1.89 bits per heavy atom. The van der Waals surface area contributed by atoms with Crippen LogP contribution in [0.5, 0.6) is 5.75 Å². The number of aliphatic hydroxyl groups is 2. The molecule has 0 aromatic carbocycles. The lowest BCUT2D eigenvalue weighted by atomic mass is 10.1. The largest absolute Gasteiger partial charge is 0.490 e. The maximum atomic E-state index is 9.30. The van der Waals surface area contributed by atoms with Gasteiger partial charge in [0, 0.05) is 6.54 Å². The summed E-state index contributed by atoms with van der Waals surface area (Å²) in [6.07, 6.45) is 2.36. The Hall–Kier alpha value is -1.60. The lowest BCUT2D eigenvalue weighted by Crippen LogP contribution is -2.43. The van der Waals surface area contributed by atoms with Crippen LogP contribution in [-0.2, 0) is 0 Å². The molecule has 0 amide bonds. The Kier molecular flexibility index (Phi) is 5.78. The topological polar surface area (TPSA) is 99.5 Å². The van der Waals surface area contributed by atoms with E-state index >= 15 is 0 Å². The number of nitrogens with zero attached hydrogens (tertiary/aromatic N) is 2. The molecule has 0 saturated carbocycles. The molecule has 0 aliphatic rings. The van der Waals surface area contributed by atoms with Gasteiger partial charge in [-0.25, -0.2) is 9.97 Å². The van der Waals surface area contributed by atoms with Crippen LogP contribution >= 0.6 is 0 Å². The van der Waals surface area contributed by atoms with Crippen LogP contribution in [0.2, 0.25) is 0 Å². The SMILES string of the molecule is CCCNc1ncnc(NC(C)(CO)CO)c1OC. The molecule has 19 heavy (non-hydrogen) atoms. The van der Waals surface area contributed by atoms with E-state index in [1.54, 1.807) is 6.92 Å². The van der Waals surface area contributed by atoms with E-state index in [1.807, 2.05) is 0 Å². The van der Waals surface area contributed by atoms with Crippen molar-refractivity contribution in [1.82, 2.24) is 9.97 Å². The molecule has 0 aliphatic carbocycles. The zero-order chi connectivity index (χ0) is 14.3. The fourth-order valence-corrected chi connectivity index (χ4v) is 1.44. The first kappa shape index (κ1) is 15.5. The number of aliphatic hydroxyl groups excluding tert-OH is 2. The molecule has 4 N–H and O–H groups in total. The molecular weight excluding hydrogens is 248 g/mol. The van der Waals surface area contributed by atoms with E-state index in [0.29, 0.717) is 17.4 Å². The van der Waals surface area contributed by atoms with E-state index in [4.69, 9.17) is 4.74 Å². The molecule has 0 saturated heterocycles. The molecule has 1 aromatic rings. The first-order valence-corrected chi connectivity index (χ1v) is 6.23. The summed E-state index contributed by atoms with van der Waals surface area (Å²) in [5.74, 6) is 1.48. The molecule has 0 unspecified atom stereocenters. The Morgan fingerprint density at radius 3 is 2.42 bits per heavy atom. The van der Waals surface area contributed by atoms with Crippen LogP contribution in [0.1, 0.15) is 20.3 Å². The number of nitrogens with one attached hydrogen (secondary N) is 2. The second-order valence-corrected chi connectivity index (χ2v) is 4.53. The first-order chi connectivity index (χ1) is 9.10. The summed E-state index contributed by atoms with van der Waals surface area (Å²) < 4.78 is 5.30. The molecule has 1 rings (SSSR count). The van der Waals surface area contributed by atoms with Gasteiger partial charge in [0.2, 0.25) is 5.75 Å². The summed E-state index contributed by atoms with van der Waals surface area (Å²) in [4.78, 5) is 8.21. The second-order valence-electron chi connectivity index (χ2n) is 4.53. The lowest BCUT2D eigenvalue weighted by molar-refractivity contribution is 0.147. The van der Waals surface area contributed by atoms with Crippen molar-refractivity contribution in [1.29, 1.82) is 0 Å². The molecule has 1 heterocycles. The molecule has 0 spiro atoms. The van der Waals surface area contributed by atoms with Gasteiger partial charge in [-0.3, -0.25) is 0 Å². The standard InChI is InChI=1S/C12H22N4O3/c1-4-5-13-10-9(19-3)11(15-8-14-10)16-12(2,6-17)7-18/h8,17-18H,4-7H2,1-3H3,(H2,13,14,15,16). The third-order valence-corrected chi connectivity index (χ3v) is 2.67. The number of hydrogen-bond donors (Lipinski definition) is 4. The molecular formula is C12H22N4O3. The zero-order valence-electron chi connectivity index (χ0n) is 11.6. The Balaban J connectivity index is 3.00. The predicted molar refractivity (Wildman–Crippen MR) is 73.6 cm³/mol. The molecule has 0 atom stereocenters. The molecule has 0 bridgehead atoms. The number of aromatic nitrogens is 2. The van der Waals surface area contributed by atoms with Gasteiger partial charge in [0.25, 0.3) is 0 Å². The minimum Gasteiger partial charge on any atom is -0.490 e. The Morgan fingerprint density at radius 1 is 1.26 bits per heavy atom. The average molecular weight is 270 g/mol. The normalized spacial score (nSPS) is 11.2. The fourth-order valence-electron chi connectivity index (χ4n) is 1.44. The average Bonchev–Trinajstić information content (AvgIpc) is 2.45. The first-order valence-electron chi connectivity index (χ1n) is 6.23. The number of ether oxygens (including phenoxy) is 1. The van der Waals surface area contributed by atoms with Gasteiger partial charge in [0.05, 0.1) is 25.9 Å². The third kappa shape index (κ3) is 3.93. The highest BCUT2D eigenvalue weighted by Gasteiger charge is 2.25. The van der Waals surface area contributed by atoms with Crippen molar-refractivity contribution < 1.29 is 14.9 Å². The van der Waals surface area contributed by atoms with Crippen LogP contribution in [0.25, 0.3) is 0 Å². The van der Waals surface area contributed by atoms with Crippen LogP contribution in [-0.4, -0.2) is 52.6 Å². The van der Waals surface area contributed by atoms with Crippen molar-refractivity contribution in [2.75, 3.05) is 37.5 Å². The van der Waals surface area contributed by atoms with Crippen LogP contribution in [0.3, 0.4) is 0 Å². The van der Waals surface area contributed by atoms with E-state index in [1.165, 1.54) is 13.4 Å². The highest BCUT2D eigenvalue weighted by atomic mass is 16.5. The summed E-state index contributed by atoms with van der Waals surface area (Å²) in [7, 11) is 1.52. The highest BCUT2D eigenvalue weighted by molar-refractivity contribution is 5.64. The van der Waals surface area contributed by atoms with Gasteiger partial charge in [0.1, 0.15) is 6.33 Å². The summed E-state index contributed by atoms with van der Waals surface area (Å²) in [5.41, 5.74) is -0.871.